The molecule has 0 aliphatic heterocycles. The summed E-state index contributed by atoms with van der Waals surface area (Å²) in [7, 11) is 1.58. The van der Waals surface area contributed by atoms with E-state index in [0.717, 1.165) is 27.4 Å². The number of thiazole rings is 1. The van der Waals surface area contributed by atoms with E-state index >= 15 is 0 Å². The van der Waals surface area contributed by atoms with E-state index in [2.05, 4.69) is 4.98 Å². The molecule has 5 nitrogen and oxygen atoms in total. The van der Waals surface area contributed by atoms with Crippen LogP contribution >= 0.6 is 11.3 Å². The van der Waals surface area contributed by atoms with Gasteiger partial charge in [-0.3, -0.25) is 4.79 Å². The van der Waals surface area contributed by atoms with Gasteiger partial charge in [0, 0.05) is 13.1 Å². The number of rotatable bonds is 5. The third-order valence-corrected chi connectivity index (χ3v) is 5.27. The Balaban J connectivity index is 1.63. The number of para-hydroxylation sites is 1. The molecule has 27 heavy (non-hydrogen) atoms. The Kier molecular flexibility index (Phi) is 5.46. The number of esters is 1. The molecule has 0 unspecified atom stereocenters. The zero-order valence-corrected chi connectivity index (χ0v) is 15.4. The zero-order valence-electron chi connectivity index (χ0n) is 14.6. The molecule has 0 bridgehead atoms. The van der Waals surface area contributed by atoms with Crippen molar-refractivity contribution >= 4 is 33.4 Å². The molecule has 1 amide bonds. The molecule has 140 valence electrons. The summed E-state index contributed by atoms with van der Waals surface area (Å²) >= 11 is 1.48. The van der Waals surface area contributed by atoms with Crippen LogP contribution in [0.1, 0.15) is 28.3 Å². The first-order chi connectivity index (χ1) is 12.8. The Morgan fingerprint density at radius 1 is 1.19 bits per heavy atom. The molecule has 0 saturated carbocycles. The Labute approximate surface area is 158 Å². The van der Waals surface area contributed by atoms with E-state index in [-0.39, 0.29) is 11.6 Å². The first-order valence-electron chi connectivity index (χ1n) is 8.09. The highest BCUT2D eigenvalue weighted by Crippen LogP contribution is 2.28. The lowest BCUT2D eigenvalue weighted by Crippen LogP contribution is -2.33. The molecule has 0 N–H and O–H groups in total. The topological polar surface area (TPSA) is 59.5 Å². The lowest BCUT2D eigenvalue weighted by atomic mass is 10.2. The molecular weight excluding hydrogens is 374 g/mol. The van der Waals surface area contributed by atoms with Crippen LogP contribution in [0, 0.1) is 11.6 Å². The molecule has 2 aromatic carbocycles. The molecule has 0 spiro atoms. The molecule has 3 aromatic rings. The number of fused-ring (bicyclic) bond motifs is 1. The van der Waals surface area contributed by atoms with Crippen molar-refractivity contribution in [1.82, 2.24) is 9.88 Å². The number of carbonyl (C=O) groups excluding carboxylic acids is 2. The molecule has 3 rings (SSSR count). The summed E-state index contributed by atoms with van der Waals surface area (Å²) in [5.41, 5.74) is 0.562. The van der Waals surface area contributed by atoms with Gasteiger partial charge in [-0.1, -0.05) is 12.1 Å². The van der Waals surface area contributed by atoms with Gasteiger partial charge in [-0.15, -0.1) is 11.3 Å². The highest BCUT2D eigenvalue weighted by Gasteiger charge is 2.22. The number of ether oxygens (including phenoxy) is 1. The number of nitrogens with zero attached hydrogens (tertiary/aromatic N) is 2. The second-order valence-electron chi connectivity index (χ2n) is 5.93. The van der Waals surface area contributed by atoms with Crippen molar-refractivity contribution in [2.45, 2.75) is 13.0 Å². The molecule has 0 saturated heterocycles. The van der Waals surface area contributed by atoms with E-state index in [1.54, 1.807) is 7.05 Å². The molecule has 8 heteroatoms. The second-order valence-corrected chi connectivity index (χ2v) is 7.00. The molecule has 0 aliphatic carbocycles. The maximum atomic E-state index is 13.2. The predicted molar refractivity (Wildman–Crippen MR) is 97.4 cm³/mol. The third-order valence-electron chi connectivity index (χ3n) is 4.07. The maximum absolute atomic E-state index is 13.2. The van der Waals surface area contributed by atoms with Gasteiger partial charge in [0.15, 0.2) is 6.61 Å². The number of benzene rings is 2. The normalized spacial score (nSPS) is 12.0. The summed E-state index contributed by atoms with van der Waals surface area (Å²) < 4.78 is 32.2. The Morgan fingerprint density at radius 2 is 1.85 bits per heavy atom. The van der Waals surface area contributed by atoms with Crippen LogP contribution in [-0.2, 0) is 9.53 Å². The van der Waals surface area contributed by atoms with Gasteiger partial charge in [0.05, 0.1) is 21.8 Å². The fraction of sp³-hybridized carbons (Fsp3) is 0.211. The molecule has 0 fully saturated rings. The van der Waals surface area contributed by atoms with Crippen LogP contribution in [0.25, 0.3) is 10.2 Å². The number of hydrogen-bond donors (Lipinski definition) is 0. The first kappa shape index (κ1) is 18.9. The van der Waals surface area contributed by atoms with Crippen LogP contribution in [0.15, 0.2) is 42.5 Å². The molecule has 1 heterocycles. The van der Waals surface area contributed by atoms with Crippen LogP contribution in [0.4, 0.5) is 8.78 Å². The van der Waals surface area contributed by atoms with E-state index in [1.807, 2.05) is 31.2 Å². The smallest absolute Gasteiger partial charge is 0.338 e. The van der Waals surface area contributed by atoms with E-state index in [4.69, 9.17) is 4.74 Å². The van der Waals surface area contributed by atoms with E-state index in [0.29, 0.717) is 6.07 Å². The largest absolute Gasteiger partial charge is 0.452 e. The SMILES string of the molecule is C[C@H](c1nc2ccccc2s1)N(C)C(=O)COC(=O)c1cc(F)cc(F)c1. The lowest BCUT2D eigenvalue weighted by Gasteiger charge is -2.23. The van der Waals surface area contributed by atoms with Gasteiger partial charge < -0.3 is 9.64 Å². The Hall–Kier alpha value is -2.87. The molecule has 0 radical (unpaired) electrons. The van der Waals surface area contributed by atoms with Crippen LogP contribution in [0.2, 0.25) is 0 Å². The van der Waals surface area contributed by atoms with E-state index in [1.165, 1.54) is 16.2 Å². The average molecular weight is 390 g/mol. The van der Waals surface area contributed by atoms with Crippen molar-refractivity contribution in [3.8, 4) is 0 Å². The minimum atomic E-state index is -0.970. The van der Waals surface area contributed by atoms with Crippen LogP contribution in [-0.4, -0.2) is 35.4 Å². The quantitative estimate of drug-likeness (QED) is 0.619. The lowest BCUT2D eigenvalue weighted by molar-refractivity contribution is -0.135. The summed E-state index contributed by atoms with van der Waals surface area (Å²) in [5, 5.41) is 0.755. The Bertz CT molecular complexity index is 952. The summed E-state index contributed by atoms with van der Waals surface area (Å²) in [6, 6.07) is 9.68. The van der Waals surface area contributed by atoms with Crippen LogP contribution in [0.3, 0.4) is 0 Å². The monoisotopic (exact) mass is 390 g/mol. The highest BCUT2D eigenvalue weighted by molar-refractivity contribution is 7.18. The van der Waals surface area contributed by atoms with Crippen molar-refractivity contribution in [3.63, 3.8) is 0 Å². The third kappa shape index (κ3) is 4.28. The fourth-order valence-electron chi connectivity index (χ4n) is 2.43. The Morgan fingerprint density at radius 3 is 2.52 bits per heavy atom. The molecule has 0 aliphatic rings. The number of halogens is 2. The van der Waals surface area contributed by atoms with Gasteiger partial charge in [0.25, 0.3) is 5.91 Å². The van der Waals surface area contributed by atoms with Crippen molar-refractivity contribution < 1.29 is 23.1 Å². The number of aromatic nitrogens is 1. The highest BCUT2D eigenvalue weighted by atomic mass is 32.1. The summed E-state index contributed by atoms with van der Waals surface area (Å²) in [5.74, 6) is -3.21. The maximum Gasteiger partial charge on any atom is 0.338 e. The van der Waals surface area contributed by atoms with Crippen molar-refractivity contribution in [2.75, 3.05) is 13.7 Å². The van der Waals surface area contributed by atoms with Crippen molar-refractivity contribution in [2.24, 2.45) is 0 Å². The summed E-state index contributed by atoms with van der Waals surface area (Å²) in [6.07, 6.45) is 0. The molecular formula is C19H16F2N2O3S. The number of likely N-dealkylation sites (N-methyl/N-ethyl adjacent to an activating group) is 1. The average Bonchev–Trinajstić information content (AvgIpc) is 3.08. The molecule has 1 aromatic heterocycles. The van der Waals surface area contributed by atoms with Crippen molar-refractivity contribution in [3.05, 3.63) is 64.7 Å². The molecule has 1 atom stereocenters. The van der Waals surface area contributed by atoms with E-state index < -0.39 is 30.1 Å². The van der Waals surface area contributed by atoms with Gasteiger partial charge in [0.1, 0.15) is 16.6 Å². The van der Waals surface area contributed by atoms with Crippen LogP contribution < -0.4 is 0 Å². The second kappa shape index (κ2) is 7.79. The summed E-state index contributed by atoms with van der Waals surface area (Å²) in [4.78, 5) is 30.1. The minimum absolute atomic E-state index is 0.290. The van der Waals surface area contributed by atoms with Gasteiger partial charge in [-0.05, 0) is 31.2 Å². The van der Waals surface area contributed by atoms with Crippen molar-refractivity contribution in [1.29, 1.82) is 0 Å². The zero-order chi connectivity index (χ0) is 19.6. The van der Waals surface area contributed by atoms with Gasteiger partial charge in [-0.25, -0.2) is 18.6 Å². The minimum Gasteiger partial charge on any atom is -0.452 e. The number of hydrogen-bond acceptors (Lipinski definition) is 5. The summed E-state index contributed by atoms with van der Waals surface area (Å²) in [6.45, 7) is 1.28. The van der Waals surface area contributed by atoms with Gasteiger partial charge in [-0.2, -0.15) is 0 Å². The van der Waals surface area contributed by atoms with Gasteiger partial charge in [0.2, 0.25) is 0 Å². The number of amides is 1. The van der Waals surface area contributed by atoms with E-state index in [9.17, 15) is 18.4 Å². The fourth-order valence-corrected chi connectivity index (χ4v) is 3.50. The first-order valence-corrected chi connectivity index (χ1v) is 8.91. The van der Waals surface area contributed by atoms with Crippen LogP contribution in [0.5, 0.6) is 0 Å². The predicted octanol–water partition coefficient (Wildman–Crippen LogP) is 3.95. The number of carbonyl (C=O) groups is 2. The standard InChI is InChI=1S/C19H16F2N2O3S/c1-11(18-22-15-5-3-4-6-16(15)27-18)23(2)17(24)10-26-19(25)12-7-13(20)9-14(21)8-12/h3-9,11H,10H2,1-2H3/t11-/m1/s1. The van der Waals surface area contributed by atoms with Gasteiger partial charge >= 0.3 is 5.97 Å².